The lowest BCUT2D eigenvalue weighted by atomic mass is 9.96. The molecule has 35 heavy (non-hydrogen) atoms. The van der Waals surface area contributed by atoms with Crippen molar-refractivity contribution in [3.8, 4) is 11.3 Å². The first-order valence-electron chi connectivity index (χ1n) is 11.1. The van der Waals surface area contributed by atoms with E-state index in [4.69, 9.17) is 11.6 Å². The van der Waals surface area contributed by atoms with Crippen molar-refractivity contribution in [3.05, 3.63) is 82.1 Å². The number of hydrogen-bond acceptors (Lipinski definition) is 7. The van der Waals surface area contributed by atoms with Gasteiger partial charge in [0.2, 0.25) is 10.0 Å². The maximum atomic E-state index is 12.9. The molecule has 3 aromatic heterocycles. The van der Waals surface area contributed by atoms with Crippen LogP contribution in [0.15, 0.2) is 60.9 Å². The number of hydrogen-bond donors (Lipinski definition) is 3. The zero-order valence-corrected chi connectivity index (χ0v) is 21.2. The lowest BCUT2D eigenvalue weighted by molar-refractivity contribution is -0.00230. The number of benzene rings is 1. The molecule has 1 aliphatic carbocycles. The SMILES string of the molecule is CC(O)(CO)c1ccnc(-c2cccc3cc(C(NS(=O)(=O)C4CC4)c4ncccc4Cl)sc23)c1. The summed E-state index contributed by atoms with van der Waals surface area (Å²) in [7, 11) is -3.53. The lowest BCUT2D eigenvalue weighted by Crippen LogP contribution is -2.32. The molecule has 0 saturated heterocycles. The van der Waals surface area contributed by atoms with Gasteiger partial charge in [0, 0.05) is 27.5 Å². The summed E-state index contributed by atoms with van der Waals surface area (Å²) >= 11 is 7.89. The average molecular weight is 530 g/mol. The molecule has 0 amide bonds. The Balaban J connectivity index is 1.62. The number of fused-ring (bicyclic) bond motifs is 1. The summed E-state index contributed by atoms with van der Waals surface area (Å²) in [4.78, 5) is 9.66. The summed E-state index contributed by atoms with van der Waals surface area (Å²) in [6.07, 6.45) is 4.49. The van der Waals surface area contributed by atoms with Gasteiger partial charge in [-0.15, -0.1) is 11.3 Å². The molecule has 7 nitrogen and oxygen atoms in total. The van der Waals surface area contributed by atoms with E-state index in [-0.39, 0.29) is 5.25 Å². The molecule has 0 radical (unpaired) electrons. The first kappa shape index (κ1) is 24.3. The van der Waals surface area contributed by atoms with Crippen LogP contribution >= 0.6 is 22.9 Å². The molecule has 4 aromatic rings. The van der Waals surface area contributed by atoms with Gasteiger partial charge in [-0.05, 0) is 61.0 Å². The highest BCUT2D eigenvalue weighted by atomic mass is 35.5. The zero-order valence-electron chi connectivity index (χ0n) is 18.8. The van der Waals surface area contributed by atoms with Crippen molar-refractivity contribution in [2.24, 2.45) is 0 Å². The van der Waals surface area contributed by atoms with Crippen molar-refractivity contribution in [3.63, 3.8) is 0 Å². The van der Waals surface area contributed by atoms with Crippen molar-refractivity contribution in [2.75, 3.05) is 6.61 Å². The Morgan fingerprint density at radius 1 is 1.17 bits per heavy atom. The van der Waals surface area contributed by atoms with Crippen molar-refractivity contribution in [2.45, 2.75) is 36.7 Å². The second-order valence-electron chi connectivity index (χ2n) is 8.90. The largest absolute Gasteiger partial charge is 0.393 e. The van der Waals surface area contributed by atoms with E-state index >= 15 is 0 Å². The summed E-state index contributed by atoms with van der Waals surface area (Å²) in [6, 6.07) is 13.8. The first-order chi connectivity index (χ1) is 16.7. The summed E-state index contributed by atoms with van der Waals surface area (Å²) in [5.74, 6) is 0. The Morgan fingerprint density at radius 2 is 1.97 bits per heavy atom. The minimum atomic E-state index is -3.53. The molecule has 0 bridgehead atoms. The zero-order chi connectivity index (χ0) is 24.8. The molecular formula is C25H24ClN3O4S2. The normalized spacial score (nSPS) is 16.8. The molecule has 1 aliphatic rings. The van der Waals surface area contributed by atoms with Gasteiger partial charge in [0.15, 0.2) is 0 Å². The van der Waals surface area contributed by atoms with E-state index in [2.05, 4.69) is 14.7 Å². The molecule has 1 aromatic carbocycles. The van der Waals surface area contributed by atoms with Crippen LogP contribution in [0.4, 0.5) is 0 Å². The maximum absolute atomic E-state index is 12.9. The fourth-order valence-corrected chi connectivity index (χ4v) is 6.99. The van der Waals surface area contributed by atoms with Crippen LogP contribution in [0.3, 0.4) is 0 Å². The van der Waals surface area contributed by atoms with Crippen LogP contribution in [0.25, 0.3) is 21.3 Å². The fourth-order valence-electron chi connectivity index (χ4n) is 3.93. The summed E-state index contributed by atoms with van der Waals surface area (Å²) in [6.45, 7) is 1.13. The second kappa shape index (κ2) is 9.24. The maximum Gasteiger partial charge on any atom is 0.215 e. The summed E-state index contributed by atoms with van der Waals surface area (Å²) in [5.41, 5.74) is 1.08. The number of aliphatic hydroxyl groups is 2. The third-order valence-corrected chi connectivity index (χ3v) is 9.60. The Kier molecular flexibility index (Phi) is 6.41. The number of nitrogens with one attached hydrogen (secondary N) is 1. The van der Waals surface area contributed by atoms with E-state index in [0.29, 0.717) is 34.8 Å². The van der Waals surface area contributed by atoms with E-state index in [0.717, 1.165) is 20.5 Å². The molecule has 0 aliphatic heterocycles. The monoisotopic (exact) mass is 529 g/mol. The summed E-state index contributed by atoms with van der Waals surface area (Å²) < 4.78 is 29.5. The van der Waals surface area contributed by atoms with Crippen molar-refractivity contribution >= 4 is 43.0 Å². The third kappa shape index (κ3) is 4.84. The van der Waals surface area contributed by atoms with E-state index < -0.39 is 28.3 Å². The van der Waals surface area contributed by atoms with Crippen LogP contribution in [0, 0.1) is 0 Å². The van der Waals surface area contributed by atoms with Gasteiger partial charge in [-0.25, -0.2) is 13.1 Å². The number of pyridine rings is 2. The predicted octanol–water partition coefficient (Wildman–Crippen LogP) is 4.38. The number of aromatic nitrogens is 2. The molecule has 2 unspecified atom stereocenters. The second-order valence-corrected chi connectivity index (χ2v) is 12.4. The van der Waals surface area contributed by atoms with Crippen molar-refractivity contribution in [1.29, 1.82) is 0 Å². The highest BCUT2D eigenvalue weighted by Crippen LogP contribution is 2.41. The van der Waals surface area contributed by atoms with Crippen LogP contribution in [0.1, 0.15) is 41.9 Å². The van der Waals surface area contributed by atoms with Crippen LogP contribution in [-0.2, 0) is 15.6 Å². The predicted molar refractivity (Wildman–Crippen MR) is 138 cm³/mol. The van der Waals surface area contributed by atoms with Gasteiger partial charge in [-0.3, -0.25) is 9.97 Å². The van der Waals surface area contributed by atoms with Gasteiger partial charge in [-0.2, -0.15) is 0 Å². The fraction of sp³-hybridized carbons (Fsp3) is 0.280. The third-order valence-electron chi connectivity index (χ3n) is 6.12. The minimum absolute atomic E-state index is 0.384. The molecule has 1 saturated carbocycles. The highest BCUT2D eigenvalue weighted by Gasteiger charge is 2.38. The molecule has 0 spiro atoms. The summed E-state index contributed by atoms with van der Waals surface area (Å²) in [5, 5.41) is 21.0. The van der Waals surface area contributed by atoms with Gasteiger partial charge in [-0.1, -0.05) is 29.8 Å². The molecule has 1 fully saturated rings. The van der Waals surface area contributed by atoms with Crippen LogP contribution in [0.2, 0.25) is 5.02 Å². The Morgan fingerprint density at radius 3 is 2.69 bits per heavy atom. The molecule has 5 rings (SSSR count). The quantitative estimate of drug-likeness (QED) is 0.312. The number of halogens is 1. The van der Waals surface area contributed by atoms with Crippen LogP contribution < -0.4 is 4.72 Å². The molecule has 2 atom stereocenters. The number of nitrogens with zero attached hydrogens (tertiary/aromatic N) is 2. The molecule has 3 N–H and O–H groups in total. The number of sulfonamides is 1. The Labute approximate surface area is 212 Å². The van der Waals surface area contributed by atoms with Crippen LogP contribution in [0.5, 0.6) is 0 Å². The Hall–Kier alpha value is -2.40. The van der Waals surface area contributed by atoms with E-state index in [1.807, 2.05) is 24.3 Å². The first-order valence-corrected chi connectivity index (χ1v) is 13.9. The van der Waals surface area contributed by atoms with Gasteiger partial charge in [0.25, 0.3) is 0 Å². The number of rotatable bonds is 8. The topological polar surface area (TPSA) is 112 Å². The molecule has 10 heteroatoms. The van der Waals surface area contributed by atoms with Crippen molar-refractivity contribution < 1.29 is 18.6 Å². The smallest absolute Gasteiger partial charge is 0.215 e. The van der Waals surface area contributed by atoms with Gasteiger partial charge in [0.05, 0.1) is 34.3 Å². The van der Waals surface area contributed by atoms with Gasteiger partial charge < -0.3 is 10.2 Å². The number of thiophene rings is 1. The van der Waals surface area contributed by atoms with Gasteiger partial charge >= 0.3 is 0 Å². The van der Waals surface area contributed by atoms with E-state index in [9.17, 15) is 18.6 Å². The molecule has 182 valence electrons. The Bertz CT molecular complexity index is 1500. The van der Waals surface area contributed by atoms with E-state index in [1.54, 1.807) is 43.6 Å². The molecule has 3 heterocycles. The average Bonchev–Trinajstić information content (AvgIpc) is 3.63. The minimum Gasteiger partial charge on any atom is -0.393 e. The highest BCUT2D eigenvalue weighted by molar-refractivity contribution is 7.90. The van der Waals surface area contributed by atoms with E-state index in [1.165, 1.54) is 11.3 Å². The van der Waals surface area contributed by atoms with Crippen LogP contribution in [-0.4, -0.2) is 40.5 Å². The number of aliphatic hydroxyl groups excluding tert-OH is 1. The van der Waals surface area contributed by atoms with Gasteiger partial charge in [0.1, 0.15) is 5.60 Å². The standard InChI is InChI=1S/C25H24ClN3O4S2/c1-25(31,14-30)16-9-11-27-20(13-16)18-5-2-4-15-12-21(34-24(15)18)23(22-19(26)6-3-10-28-22)29-35(32,33)17-7-8-17/h2-6,9-13,17,23,29-31H,7-8,14H2,1H3. The lowest BCUT2D eigenvalue weighted by Gasteiger charge is -2.21. The van der Waals surface area contributed by atoms with Crippen molar-refractivity contribution in [1.82, 2.24) is 14.7 Å². The molecular weight excluding hydrogens is 506 g/mol.